The van der Waals surface area contributed by atoms with Crippen molar-refractivity contribution in [3.8, 4) is 0 Å². The Morgan fingerprint density at radius 2 is 2.06 bits per heavy atom. The fourth-order valence-corrected chi connectivity index (χ4v) is 5.21. The molecule has 1 aromatic heterocycles. The van der Waals surface area contributed by atoms with Crippen molar-refractivity contribution in [3.05, 3.63) is 36.0 Å². The number of benzene rings is 1. The van der Waals surface area contributed by atoms with Crippen LogP contribution < -0.4 is 5.32 Å². The fourth-order valence-electron chi connectivity index (χ4n) is 5.21. The lowest BCUT2D eigenvalue weighted by molar-refractivity contribution is -0.192. The van der Waals surface area contributed by atoms with Crippen LogP contribution in [-0.4, -0.2) is 64.1 Å². The molecule has 0 radical (unpaired) electrons. The number of aromatic nitrogens is 1. The molecule has 2 aromatic rings. The van der Waals surface area contributed by atoms with Crippen LogP contribution in [0.25, 0.3) is 10.9 Å². The highest BCUT2D eigenvalue weighted by Crippen LogP contribution is 2.33. The molecule has 0 bridgehead atoms. The number of nitrogens with zero attached hydrogens (tertiary/aromatic N) is 1. The molecule has 2 aliphatic rings. The third kappa shape index (κ3) is 4.95. The van der Waals surface area contributed by atoms with Crippen LogP contribution in [0.3, 0.4) is 0 Å². The number of hydrogen-bond acceptors (Lipinski definition) is 5. The molecule has 170 valence electrons. The summed E-state index contributed by atoms with van der Waals surface area (Å²) in [5.74, 6) is -0.100. The molecular weight excluding hydrogens is 394 g/mol. The van der Waals surface area contributed by atoms with Crippen molar-refractivity contribution >= 4 is 16.8 Å². The minimum Gasteiger partial charge on any atom is -0.396 e. The summed E-state index contributed by atoms with van der Waals surface area (Å²) in [6, 6.07) is 7.54. The summed E-state index contributed by atoms with van der Waals surface area (Å²) in [7, 11) is 0. The van der Waals surface area contributed by atoms with Gasteiger partial charge in [-0.2, -0.15) is 5.06 Å². The van der Waals surface area contributed by atoms with E-state index in [2.05, 4.69) is 16.4 Å². The Morgan fingerprint density at radius 3 is 2.81 bits per heavy atom. The molecule has 1 aromatic carbocycles. The summed E-state index contributed by atoms with van der Waals surface area (Å²) >= 11 is 0. The lowest BCUT2D eigenvalue weighted by Crippen LogP contribution is -2.49. The highest BCUT2D eigenvalue weighted by atomic mass is 16.7. The van der Waals surface area contributed by atoms with Gasteiger partial charge in [0.05, 0.1) is 12.7 Å². The third-order valence-corrected chi connectivity index (χ3v) is 6.88. The van der Waals surface area contributed by atoms with Crippen LogP contribution in [0.1, 0.15) is 44.6 Å². The fraction of sp³-hybridized carbons (Fsp3) is 0.625. The van der Waals surface area contributed by atoms with E-state index in [1.165, 1.54) is 24.6 Å². The molecule has 4 atom stereocenters. The first-order valence-electron chi connectivity index (χ1n) is 11.6. The number of carbonyl (C=O) groups excluding carboxylic acids is 1. The Hall–Kier alpha value is -1.93. The standard InChI is InChI=1S/C24H35N3O4/c1-16(29)23-20(15-28)22(27(31-23)14-17-7-3-2-4-8-17)24(30)25-12-11-18-13-26-21-10-6-5-9-19(18)21/h5-6,9-10,13,16-17,20,22-23,26,28-29H,2-4,7-8,11-12,14-15H2,1H3,(H,25,30)/t16-,20-,22-,23-/m0/s1. The lowest BCUT2D eigenvalue weighted by atomic mass is 9.88. The Bertz CT molecular complexity index is 861. The van der Waals surface area contributed by atoms with Crippen molar-refractivity contribution in [3.63, 3.8) is 0 Å². The van der Waals surface area contributed by atoms with Gasteiger partial charge in [0, 0.05) is 36.1 Å². The second-order valence-electron chi connectivity index (χ2n) is 9.11. The van der Waals surface area contributed by atoms with E-state index in [1.54, 1.807) is 12.0 Å². The predicted octanol–water partition coefficient (Wildman–Crippen LogP) is 2.38. The molecule has 1 aliphatic carbocycles. The molecule has 0 unspecified atom stereocenters. The van der Waals surface area contributed by atoms with E-state index in [0.717, 1.165) is 30.3 Å². The minimum atomic E-state index is -0.755. The van der Waals surface area contributed by atoms with E-state index >= 15 is 0 Å². The van der Waals surface area contributed by atoms with Gasteiger partial charge in [-0.05, 0) is 43.7 Å². The molecule has 1 saturated heterocycles. The molecule has 1 aliphatic heterocycles. The number of rotatable bonds is 8. The van der Waals surface area contributed by atoms with Gasteiger partial charge in [-0.25, -0.2) is 0 Å². The van der Waals surface area contributed by atoms with Crippen molar-refractivity contribution < 1.29 is 19.8 Å². The Balaban J connectivity index is 1.41. The molecule has 7 heteroatoms. The van der Waals surface area contributed by atoms with Gasteiger partial charge in [-0.3, -0.25) is 9.63 Å². The quantitative estimate of drug-likeness (QED) is 0.517. The van der Waals surface area contributed by atoms with Gasteiger partial charge >= 0.3 is 0 Å². The second-order valence-corrected chi connectivity index (χ2v) is 9.11. The normalized spacial score (nSPS) is 26.4. The lowest BCUT2D eigenvalue weighted by Gasteiger charge is -2.29. The Morgan fingerprint density at radius 1 is 1.29 bits per heavy atom. The zero-order chi connectivity index (χ0) is 21.8. The monoisotopic (exact) mass is 429 g/mol. The van der Waals surface area contributed by atoms with Gasteiger partial charge in [0.1, 0.15) is 12.1 Å². The molecular formula is C24H35N3O4. The van der Waals surface area contributed by atoms with Crippen LogP contribution in [0.15, 0.2) is 30.5 Å². The topological polar surface area (TPSA) is 97.8 Å². The zero-order valence-electron chi connectivity index (χ0n) is 18.3. The minimum absolute atomic E-state index is 0.141. The Labute approximate surface area is 183 Å². The van der Waals surface area contributed by atoms with Crippen LogP contribution in [-0.2, 0) is 16.1 Å². The summed E-state index contributed by atoms with van der Waals surface area (Å²) in [5, 5.41) is 26.2. The number of carbonyl (C=O) groups is 1. The summed E-state index contributed by atoms with van der Waals surface area (Å²) < 4.78 is 0. The SMILES string of the molecule is C[C@H](O)[C@@H]1ON(CC2CCCCC2)[C@H](C(=O)NCCc2c[nH]c3ccccc23)[C@@H]1CO. The molecule has 4 rings (SSSR count). The number of aliphatic hydroxyl groups excluding tert-OH is 2. The maximum Gasteiger partial charge on any atom is 0.240 e. The number of aromatic amines is 1. The smallest absolute Gasteiger partial charge is 0.240 e. The van der Waals surface area contributed by atoms with Crippen molar-refractivity contribution in [2.75, 3.05) is 19.7 Å². The number of H-pyrrole nitrogens is 1. The maximum atomic E-state index is 13.2. The molecule has 0 spiro atoms. The first-order chi connectivity index (χ1) is 15.1. The van der Waals surface area contributed by atoms with Crippen LogP contribution >= 0.6 is 0 Å². The number of hydrogen-bond donors (Lipinski definition) is 4. The molecule has 1 amide bonds. The van der Waals surface area contributed by atoms with Crippen LogP contribution in [0, 0.1) is 11.8 Å². The number of fused-ring (bicyclic) bond motifs is 1. The van der Waals surface area contributed by atoms with Gasteiger partial charge in [-0.1, -0.05) is 37.5 Å². The van der Waals surface area contributed by atoms with E-state index in [9.17, 15) is 15.0 Å². The maximum absolute atomic E-state index is 13.2. The van der Waals surface area contributed by atoms with Crippen LogP contribution in [0.5, 0.6) is 0 Å². The predicted molar refractivity (Wildman–Crippen MR) is 119 cm³/mol. The number of nitrogens with one attached hydrogen (secondary N) is 2. The van der Waals surface area contributed by atoms with Gasteiger partial charge in [-0.15, -0.1) is 0 Å². The molecule has 1 saturated carbocycles. The summed E-state index contributed by atoms with van der Waals surface area (Å²) in [5.41, 5.74) is 2.25. The molecule has 2 fully saturated rings. The van der Waals surface area contributed by atoms with Gasteiger partial charge < -0.3 is 20.5 Å². The highest BCUT2D eigenvalue weighted by Gasteiger charge is 2.49. The van der Waals surface area contributed by atoms with Gasteiger partial charge in [0.2, 0.25) is 5.91 Å². The molecule has 4 N–H and O–H groups in total. The number of hydroxylamine groups is 2. The average molecular weight is 430 g/mol. The number of aliphatic hydroxyl groups is 2. The largest absolute Gasteiger partial charge is 0.396 e. The van der Waals surface area contributed by atoms with Crippen LogP contribution in [0.2, 0.25) is 0 Å². The summed E-state index contributed by atoms with van der Waals surface area (Å²) in [6.07, 6.45) is 7.35. The van der Waals surface area contributed by atoms with Crippen LogP contribution in [0.4, 0.5) is 0 Å². The van der Waals surface area contributed by atoms with Crippen molar-refractivity contribution in [2.45, 2.75) is 63.7 Å². The number of para-hydroxylation sites is 1. The molecule has 2 heterocycles. The first-order valence-corrected chi connectivity index (χ1v) is 11.6. The average Bonchev–Trinajstić information content (AvgIpc) is 3.36. The van der Waals surface area contributed by atoms with Crippen molar-refractivity contribution in [2.24, 2.45) is 11.8 Å². The zero-order valence-corrected chi connectivity index (χ0v) is 18.3. The van der Waals surface area contributed by atoms with Gasteiger partial charge in [0.25, 0.3) is 0 Å². The van der Waals surface area contributed by atoms with Crippen molar-refractivity contribution in [1.82, 2.24) is 15.4 Å². The third-order valence-electron chi connectivity index (χ3n) is 6.88. The van der Waals surface area contributed by atoms with Crippen molar-refractivity contribution in [1.29, 1.82) is 0 Å². The van der Waals surface area contributed by atoms with E-state index in [-0.39, 0.29) is 12.5 Å². The molecule has 31 heavy (non-hydrogen) atoms. The van der Waals surface area contributed by atoms with E-state index in [0.29, 0.717) is 19.0 Å². The summed E-state index contributed by atoms with van der Waals surface area (Å²) in [6.45, 7) is 2.63. The first kappa shape index (κ1) is 22.3. The van der Waals surface area contributed by atoms with E-state index in [4.69, 9.17) is 4.84 Å². The van der Waals surface area contributed by atoms with E-state index < -0.39 is 24.2 Å². The Kier molecular flexibility index (Phi) is 7.27. The van der Waals surface area contributed by atoms with Gasteiger partial charge in [0.15, 0.2) is 0 Å². The number of amides is 1. The second kappa shape index (κ2) is 10.1. The van der Waals surface area contributed by atoms with E-state index in [1.807, 2.05) is 24.4 Å². The molecule has 7 nitrogen and oxygen atoms in total. The highest BCUT2D eigenvalue weighted by molar-refractivity contribution is 5.84. The summed E-state index contributed by atoms with van der Waals surface area (Å²) in [4.78, 5) is 22.5.